The van der Waals surface area contributed by atoms with Crippen LogP contribution in [-0.4, -0.2) is 21.1 Å². The van der Waals surface area contributed by atoms with Crippen molar-refractivity contribution >= 4 is 0 Å². The second-order valence-electron chi connectivity index (χ2n) is 2.75. The van der Waals surface area contributed by atoms with Crippen LogP contribution in [0.2, 0.25) is 0 Å². The molecule has 1 heterocycles. The first-order valence-corrected chi connectivity index (χ1v) is 3.63. The van der Waals surface area contributed by atoms with Crippen LogP contribution in [0.5, 0.6) is 0 Å². The number of hydrogen-bond donors (Lipinski definition) is 1. The van der Waals surface area contributed by atoms with Crippen molar-refractivity contribution in [3.63, 3.8) is 0 Å². The summed E-state index contributed by atoms with van der Waals surface area (Å²) in [4.78, 5) is 0. The molecule has 0 saturated heterocycles. The van der Waals surface area contributed by atoms with Gasteiger partial charge in [0.25, 0.3) is 0 Å². The van der Waals surface area contributed by atoms with E-state index in [0.717, 1.165) is 0 Å². The first-order chi connectivity index (χ1) is 5.88. The maximum atomic E-state index is 11.8. The predicted molar refractivity (Wildman–Crippen MR) is 38.8 cm³/mol. The maximum Gasteiger partial charge on any atom is 0.391 e. The maximum absolute atomic E-state index is 11.8. The highest BCUT2D eigenvalue weighted by molar-refractivity contribution is 5.02. The van der Waals surface area contributed by atoms with Crippen molar-refractivity contribution in [1.82, 2.24) is 9.78 Å². The summed E-state index contributed by atoms with van der Waals surface area (Å²) in [6.07, 6.45) is -5.71. The van der Waals surface area contributed by atoms with Crippen molar-refractivity contribution in [3.8, 4) is 0 Å². The molecular weight excluding hydrogens is 185 g/mol. The monoisotopic (exact) mass is 194 g/mol. The zero-order valence-electron chi connectivity index (χ0n) is 6.91. The van der Waals surface area contributed by atoms with Crippen LogP contribution < -0.4 is 0 Å². The lowest BCUT2D eigenvalue weighted by Gasteiger charge is -2.10. The fourth-order valence-corrected chi connectivity index (χ4v) is 0.935. The van der Waals surface area contributed by atoms with Crippen LogP contribution in [0.25, 0.3) is 0 Å². The fourth-order valence-electron chi connectivity index (χ4n) is 0.935. The van der Waals surface area contributed by atoms with Gasteiger partial charge in [-0.3, -0.25) is 4.68 Å². The Kier molecular flexibility index (Phi) is 2.60. The van der Waals surface area contributed by atoms with Gasteiger partial charge in [0.1, 0.15) is 6.10 Å². The van der Waals surface area contributed by atoms with Gasteiger partial charge in [0.05, 0.1) is 12.1 Å². The van der Waals surface area contributed by atoms with E-state index < -0.39 is 18.7 Å². The second kappa shape index (κ2) is 3.37. The van der Waals surface area contributed by atoms with E-state index in [1.54, 1.807) is 7.05 Å². The van der Waals surface area contributed by atoms with Crippen molar-refractivity contribution in [3.05, 3.63) is 18.0 Å². The third-order valence-corrected chi connectivity index (χ3v) is 1.50. The molecule has 0 amide bonds. The van der Waals surface area contributed by atoms with Crippen molar-refractivity contribution in [2.45, 2.75) is 18.7 Å². The van der Waals surface area contributed by atoms with Gasteiger partial charge in [-0.15, -0.1) is 0 Å². The van der Waals surface area contributed by atoms with Crippen LogP contribution >= 0.6 is 0 Å². The Morgan fingerprint density at radius 3 is 2.62 bits per heavy atom. The van der Waals surface area contributed by atoms with E-state index in [0.29, 0.717) is 0 Å². The molecule has 0 saturated carbocycles. The van der Waals surface area contributed by atoms with Crippen LogP contribution in [0, 0.1) is 0 Å². The normalized spacial score (nSPS) is 14.5. The fraction of sp³-hybridized carbons (Fsp3) is 0.571. The first-order valence-electron chi connectivity index (χ1n) is 3.63. The molecule has 0 aliphatic heterocycles. The Balaban J connectivity index is 2.64. The number of aromatic nitrogens is 2. The van der Waals surface area contributed by atoms with Crippen LogP contribution in [0.1, 0.15) is 18.2 Å². The van der Waals surface area contributed by atoms with Crippen molar-refractivity contribution in [2.24, 2.45) is 7.05 Å². The summed E-state index contributed by atoms with van der Waals surface area (Å²) in [6.45, 7) is 0. The second-order valence-corrected chi connectivity index (χ2v) is 2.75. The molecule has 1 aromatic rings. The summed E-state index contributed by atoms with van der Waals surface area (Å²) < 4.78 is 36.8. The summed E-state index contributed by atoms with van der Waals surface area (Å²) in [7, 11) is 1.57. The minimum Gasteiger partial charge on any atom is -0.386 e. The van der Waals surface area contributed by atoms with Gasteiger partial charge < -0.3 is 5.11 Å². The molecule has 3 nitrogen and oxygen atoms in total. The van der Waals surface area contributed by atoms with E-state index >= 15 is 0 Å². The number of alkyl halides is 3. The standard InChI is InChI=1S/C7H9F3N2O/c1-12-3-2-5(11-12)6(13)4-7(8,9)10/h2-3,6,13H,4H2,1H3. The van der Waals surface area contributed by atoms with Crippen LogP contribution in [0.4, 0.5) is 13.2 Å². The van der Waals surface area contributed by atoms with E-state index in [1.165, 1.54) is 16.9 Å². The van der Waals surface area contributed by atoms with Crippen LogP contribution in [0.15, 0.2) is 12.3 Å². The van der Waals surface area contributed by atoms with E-state index in [1.807, 2.05) is 0 Å². The van der Waals surface area contributed by atoms with Gasteiger partial charge in [-0.05, 0) is 6.07 Å². The number of aryl methyl sites for hydroxylation is 1. The van der Waals surface area contributed by atoms with Gasteiger partial charge in [-0.2, -0.15) is 18.3 Å². The highest BCUT2D eigenvalue weighted by Gasteiger charge is 2.32. The highest BCUT2D eigenvalue weighted by Crippen LogP contribution is 2.28. The lowest BCUT2D eigenvalue weighted by atomic mass is 10.2. The smallest absolute Gasteiger partial charge is 0.386 e. The molecule has 1 atom stereocenters. The number of hydrogen-bond acceptors (Lipinski definition) is 2. The number of halogens is 3. The number of aliphatic hydroxyl groups is 1. The van der Waals surface area contributed by atoms with E-state index in [-0.39, 0.29) is 5.69 Å². The quantitative estimate of drug-likeness (QED) is 0.772. The summed E-state index contributed by atoms with van der Waals surface area (Å²) in [5.41, 5.74) is 0.0415. The molecular formula is C7H9F3N2O. The summed E-state index contributed by atoms with van der Waals surface area (Å²) >= 11 is 0. The molecule has 74 valence electrons. The molecule has 0 fully saturated rings. The zero-order valence-corrected chi connectivity index (χ0v) is 6.91. The van der Waals surface area contributed by atoms with Gasteiger partial charge in [0.2, 0.25) is 0 Å². The Bertz CT molecular complexity index is 282. The van der Waals surface area contributed by atoms with E-state index in [4.69, 9.17) is 5.11 Å². The third kappa shape index (κ3) is 3.06. The minimum atomic E-state index is -4.36. The molecule has 1 aromatic heterocycles. The third-order valence-electron chi connectivity index (χ3n) is 1.50. The molecule has 1 unspecified atom stereocenters. The Hall–Kier alpha value is -1.04. The molecule has 0 radical (unpaired) electrons. The largest absolute Gasteiger partial charge is 0.391 e. The molecule has 0 bridgehead atoms. The van der Waals surface area contributed by atoms with E-state index in [2.05, 4.69) is 5.10 Å². The van der Waals surface area contributed by atoms with Gasteiger partial charge in [-0.25, -0.2) is 0 Å². The summed E-state index contributed by atoms with van der Waals surface area (Å²) in [5.74, 6) is 0. The molecule has 0 aromatic carbocycles. The lowest BCUT2D eigenvalue weighted by molar-refractivity contribution is -0.154. The van der Waals surface area contributed by atoms with E-state index in [9.17, 15) is 13.2 Å². The molecule has 1 rings (SSSR count). The van der Waals surface area contributed by atoms with Crippen molar-refractivity contribution in [2.75, 3.05) is 0 Å². The molecule has 13 heavy (non-hydrogen) atoms. The average Bonchev–Trinajstić information content (AvgIpc) is 2.31. The van der Waals surface area contributed by atoms with Crippen LogP contribution in [-0.2, 0) is 7.05 Å². The van der Waals surface area contributed by atoms with Gasteiger partial charge in [0.15, 0.2) is 0 Å². The average molecular weight is 194 g/mol. The summed E-state index contributed by atoms with van der Waals surface area (Å²) in [6, 6.07) is 1.36. The molecule has 0 aliphatic rings. The lowest BCUT2D eigenvalue weighted by Crippen LogP contribution is -2.14. The van der Waals surface area contributed by atoms with Gasteiger partial charge in [0, 0.05) is 13.2 Å². The van der Waals surface area contributed by atoms with Gasteiger partial charge in [-0.1, -0.05) is 0 Å². The Labute approximate surface area is 72.8 Å². The molecule has 0 aliphatic carbocycles. The molecule has 0 spiro atoms. The number of rotatable bonds is 2. The summed E-state index contributed by atoms with van der Waals surface area (Å²) in [5, 5.41) is 12.7. The zero-order chi connectivity index (χ0) is 10.1. The Morgan fingerprint density at radius 1 is 1.62 bits per heavy atom. The topological polar surface area (TPSA) is 38.0 Å². The molecule has 6 heteroatoms. The number of nitrogens with zero attached hydrogens (tertiary/aromatic N) is 2. The first kappa shape index (κ1) is 10.0. The van der Waals surface area contributed by atoms with Gasteiger partial charge >= 0.3 is 6.18 Å². The number of aliphatic hydroxyl groups excluding tert-OH is 1. The van der Waals surface area contributed by atoms with Crippen molar-refractivity contribution < 1.29 is 18.3 Å². The van der Waals surface area contributed by atoms with Crippen LogP contribution in [0.3, 0.4) is 0 Å². The minimum absolute atomic E-state index is 0.0415. The predicted octanol–water partition coefficient (Wildman–Crippen LogP) is 1.41. The Morgan fingerprint density at radius 2 is 2.23 bits per heavy atom. The molecule has 1 N–H and O–H groups in total. The highest BCUT2D eigenvalue weighted by atomic mass is 19.4. The van der Waals surface area contributed by atoms with Crippen molar-refractivity contribution in [1.29, 1.82) is 0 Å². The SMILES string of the molecule is Cn1ccc(C(O)CC(F)(F)F)n1.